The van der Waals surface area contributed by atoms with E-state index >= 15 is 0 Å². The van der Waals surface area contributed by atoms with Crippen LogP contribution in [0.3, 0.4) is 0 Å². The average molecular weight is 301 g/mol. The highest BCUT2D eigenvalue weighted by atomic mass is 35.5. The lowest BCUT2D eigenvalue weighted by atomic mass is 10.1. The molecule has 0 bridgehead atoms. The molecule has 19 heavy (non-hydrogen) atoms. The lowest BCUT2D eigenvalue weighted by Gasteiger charge is -2.03. The van der Waals surface area contributed by atoms with E-state index < -0.39 is 0 Å². The second-order valence-electron chi connectivity index (χ2n) is 4.84. The van der Waals surface area contributed by atoms with E-state index in [9.17, 15) is 4.39 Å². The van der Waals surface area contributed by atoms with Crippen molar-refractivity contribution in [2.45, 2.75) is 26.1 Å². The van der Waals surface area contributed by atoms with Gasteiger partial charge in [-0.15, -0.1) is 11.6 Å². The third-order valence-corrected chi connectivity index (χ3v) is 3.45. The molecule has 1 aromatic carbocycles. The van der Waals surface area contributed by atoms with Gasteiger partial charge in [-0.2, -0.15) is 5.10 Å². The molecule has 0 radical (unpaired) electrons. The highest BCUT2D eigenvalue weighted by Gasteiger charge is 2.17. The summed E-state index contributed by atoms with van der Waals surface area (Å²) in [7, 11) is 0. The van der Waals surface area contributed by atoms with E-state index in [2.05, 4.69) is 18.9 Å². The number of aromatic nitrogens is 2. The minimum atomic E-state index is -0.318. The van der Waals surface area contributed by atoms with Gasteiger partial charge in [-0.25, -0.2) is 9.07 Å². The predicted octanol–water partition coefficient (Wildman–Crippen LogP) is 4.60. The van der Waals surface area contributed by atoms with Crippen LogP contribution in [0.15, 0.2) is 24.3 Å². The van der Waals surface area contributed by atoms with Crippen molar-refractivity contribution in [2.24, 2.45) is 5.92 Å². The first-order valence-electron chi connectivity index (χ1n) is 6.11. The molecule has 1 heterocycles. The van der Waals surface area contributed by atoms with Crippen molar-refractivity contribution in [3.63, 3.8) is 0 Å². The van der Waals surface area contributed by atoms with E-state index in [0.29, 0.717) is 22.6 Å². The summed E-state index contributed by atoms with van der Waals surface area (Å²) >= 11 is 12.2. The molecule has 102 valence electrons. The minimum absolute atomic E-state index is 0.302. The zero-order valence-corrected chi connectivity index (χ0v) is 12.3. The van der Waals surface area contributed by atoms with Crippen molar-refractivity contribution in [1.29, 1.82) is 0 Å². The average Bonchev–Trinajstić information content (AvgIpc) is 2.65. The molecule has 5 heteroatoms. The van der Waals surface area contributed by atoms with Crippen LogP contribution in [0.1, 0.15) is 25.1 Å². The van der Waals surface area contributed by atoms with E-state index in [-0.39, 0.29) is 5.82 Å². The van der Waals surface area contributed by atoms with Crippen LogP contribution in [-0.4, -0.2) is 9.78 Å². The first-order valence-corrected chi connectivity index (χ1v) is 7.02. The number of halogens is 3. The topological polar surface area (TPSA) is 17.8 Å². The van der Waals surface area contributed by atoms with Crippen LogP contribution in [-0.2, 0) is 12.3 Å². The Labute approximate surface area is 122 Å². The Hall–Kier alpha value is -1.06. The molecule has 0 saturated heterocycles. The van der Waals surface area contributed by atoms with Crippen LogP contribution in [0.4, 0.5) is 4.39 Å². The summed E-state index contributed by atoms with van der Waals surface area (Å²) in [6.45, 7) is 4.21. The van der Waals surface area contributed by atoms with E-state index in [1.54, 1.807) is 16.8 Å². The van der Waals surface area contributed by atoms with Crippen molar-refractivity contribution in [3.05, 3.63) is 46.5 Å². The van der Waals surface area contributed by atoms with Crippen LogP contribution in [0, 0.1) is 11.7 Å². The van der Waals surface area contributed by atoms with E-state index in [1.165, 1.54) is 12.1 Å². The van der Waals surface area contributed by atoms with E-state index in [4.69, 9.17) is 23.2 Å². The molecule has 1 aromatic heterocycles. The maximum absolute atomic E-state index is 13.3. The molecule has 0 fully saturated rings. The Morgan fingerprint density at radius 2 is 2.11 bits per heavy atom. The van der Waals surface area contributed by atoms with Crippen LogP contribution < -0.4 is 0 Å². The van der Waals surface area contributed by atoms with Gasteiger partial charge in [0.25, 0.3) is 0 Å². The largest absolute Gasteiger partial charge is 0.222 e. The number of benzene rings is 1. The third-order valence-electron chi connectivity index (χ3n) is 2.79. The standard InChI is InChI=1S/C14H15Cl2FN2/c1-9(2)6-13-12(8-15)14(16)19(18-13)11-5-3-4-10(17)7-11/h3-5,7,9H,6,8H2,1-2H3. The molecule has 0 amide bonds. The van der Waals surface area contributed by atoms with Gasteiger partial charge in [0.05, 0.1) is 17.3 Å². The molecule has 0 aliphatic heterocycles. The molecule has 0 aliphatic carbocycles. The molecule has 2 aromatic rings. The van der Waals surface area contributed by atoms with Crippen LogP contribution in [0.2, 0.25) is 5.15 Å². The SMILES string of the molecule is CC(C)Cc1nn(-c2cccc(F)c2)c(Cl)c1CCl. The highest BCUT2D eigenvalue weighted by molar-refractivity contribution is 6.31. The van der Waals surface area contributed by atoms with Crippen LogP contribution >= 0.6 is 23.2 Å². The molecule has 0 N–H and O–H groups in total. The monoisotopic (exact) mass is 300 g/mol. The molecule has 2 nitrogen and oxygen atoms in total. The normalized spacial score (nSPS) is 11.3. The van der Waals surface area contributed by atoms with E-state index in [0.717, 1.165) is 17.7 Å². The molecule has 0 aliphatic rings. The van der Waals surface area contributed by atoms with Crippen LogP contribution in [0.25, 0.3) is 5.69 Å². The van der Waals surface area contributed by atoms with Gasteiger partial charge in [-0.3, -0.25) is 0 Å². The molecule has 2 rings (SSSR count). The number of hydrogen-bond acceptors (Lipinski definition) is 1. The van der Waals surface area contributed by atoms with Crippen molar-refractivity contribution < 1.29 is 4.39 Å². The molecule has 0 unspecified atom stereocenters. The first-order chi connectivity index (χ1) is 9.02. The van der Waals surface area contributed by atoms with Gasteiger partial charge in [0, 0.05) is 5.56 Å². The van der Waals surface area contributed by atoms with Crippen molar-refractivity contribution in [1.82, 2.24) is 9.78 Å². The number of nitrogens with zero attached hydrogens (tertiary/aromatic N) is 2. The van der Waals surface area contributed by atoms with Gasteiger partial charge in [-0.05, 0) is 30.5 Å². The highest BCUT2D eigenvalue weighted by Crippen LogP contribution is 2.27. The molecular weight excluding hydrogens is 286 g/mol. The Morgan fingerprint density at radius 1 is 1.37 bits per heavy atom. The van der Waals surface area contributed by atoms with Gasteiger partial charge in [0.2, 0.25) is 0 Å². The van der Waals surface area contributed by atoms with Crippen molar-refractivity contribution >= 4 is 23.2 Å². The molecule has 0 saturated carbocycles. The summed E-state index contributed by atoms with van der Waals surface area (Å²) < 4.78 is 14.8. The van der Waals surface area contributed by atoms with E-state index in [1.807, 2.05) is 0 Å². The number of alkyl halides is 1. The number of hydrogen-bond donors (Lipinski definition) is 0. The fourth-order valence-electron chi connectivity index (χ4n) is 1.93. The second-order valence-corrected chi connectivity index (χ2v) is 5.46. The van der Waals surface area contributed by atoms with Gasteiger partial charge >= 0.3 is 0 Å². The van der Waals surface area contributed by atoms with Gasteiger partial charge < -0.3 is 0 Å². The molecular formula is C14H15Cl2FN2. The Bertz CT molecular complexity index is 579. The van der Waals surface area contributed by atoms with Gasteiger partial charge in [0.1, 0.15) is 11.0 Å². The lowest BCUT2D eigenvalue weighted by Crippen LogP contribution is -2.00. The fourth-order valence-corrected chi connectivity index (χ4v) is 2.59. The zero-order valence-electron chi connectivity index (χ0n) is 10.8. The summed E-state index contributed by atoms with van der Waals surface area (Å²) in [5.41, 5.74) is 2.30. The summed E-state index contributed by atoms with van der Waals surface area (Å²) in [5.74, 6) is 0.437. The summed E-state index contributed by atoms with van der Waals surface area (Å²) in [4.78, 5) is 0. The summed E-state index contributed by atoms with van der Waals surface area (Å²) in [6, 6.07) is 6.18. The molecule has 0 spiro atoms. The Morgan fingerprint density at radius 3 is 2.68 bits per heavy atom. The van der Waals surface area contributed by atoms with Gasteiger partial charge in [-0.1, -0.05) is 31.5 Å². The van der Waals surface area contributed by atoms with Crippen molar-refractivity contribution in [2.75, 3.05) is 0 Å². The maximum Gasteiger partial charge on any atom is 0.137 e. The summed E-state index contributed by atoms with van der Waals surface area (Å²) in [5, 5.41) is 4.92. The Balaban J connectivity index is 2.49. The number of rotatable bonds is 4. The Kier molecular flexibility index (Phi) is 4.48. The fraction of sp³-hybridized carbons (Fsp3) is 0.357. The smallest absolute Gasteiger partial charge is 0.137 e. The second kappa shape index (κ2) is 5.93. The third kappa shape index (κ3) is 3.10. The predicted molar refractivity (Wildman–Crippen MR) is 76.6 cm³/mol. The zero-order chi connectivity index (χ0) is 14.0. The summed E-state index contributed by atoms with van der Waals surface area (Å²) in [6.07, 6.45) is 0.796. The first kappa shape index (κ1) is 14.4. The van der Waals surface area contributed by atoms with Gasteiger partial charge in [0.15, 0.2) is 0 Å². The van der Waals surface area contributed by atoms with Crippen molar-refractivity contribution in [3.8, 4) is 5.69 Å². The quantitative estimate of drug-likeness (QED) is 0.754. The lowest BCUT2D eigenvalue weighted by molar-refractivity contribution is 0.619. The maximum atomic E-state index is 13.3. The minimum Gasteiger partial charge on any atom is -0.222 e. The molecule has 0 atom stereocenters. The van der Waals surface area contributed by atoms with Crippen LogP contribution in [0.5, 0.6) is 0 Å².